The standard InChI is InChI=1S/C21H27N3O2/c1-26-20-11-5-9-18(13-20)15-24-12-6-10-19(16-24)23-21(25)22-14-17-7-3-2-4-8-17/h2-5,7-9,11,13,19H,6,10,12,14-16H2,1H3,(H2,22,23,25). The lowest BCUT2D eigenvalue weighted by Gasteiger charge is -2.33. The molecule has 0 radical (unpaired) electrons. The van der Waals surface area contributed by atoms with Crippen LogP contribution in [0.15, 0.2) is 54.6 Å². The van der Waals surface area contributed by atoms with Crippen molar-refractivity contribution in [1.82, 2.24) is 15.5 Å². The molecule has 0 saturated carbocycles. The second-order valence-electron chi connectivity index (χ2n) is 6.74. The van der Waals surface area contributed by atoms with Crippen LogP contribution < -0.4 is 15.4 Å². The van der Waals surface area contributed by atoms with Crippen molar-refractivity contribution < 1.29 is 9.53 Å². The Bertz CT molecular complexity index is 705. The van der Waals surface area contributed by atoms with Crippen molar-refractivity contribution >= 4 is 6.03 Å². The van der Waals surface area contributed by atoms with Crippen molar-refractivity contribution in [1.29, 1.82) is 0 Å². The van der Waals surface area contributed by atoms with E-state index in [4.69, 9.17) is 4.74 Å². The number of benzene rings is 2. The number of nitrogens with one attached hydrogen (secondary N) is 2. The molecule has 1 unspecified atom stereocenters. The molecule has 0 bridgehead atoms. The highest BCUT2D eigenvalue weighted by atomic mass is 16.5. The first-order chi connectivity index (χ1) is 12.7. The largest absolute Gasteiger partial charge is 0.497 e. The van der Waals surface area contributed by atoms with Gasteiger partial charge in [-0.1, -0.05) is 42.5 Å². The van der Waals surface area contributed by atoms with E-state index in [2.05, 4.69) is 27.7 Å². The van der Waals surface area contributed by atoms with Crippen molar-refractivity contribution in [2.45, 2.75) is 32.0 Å². The van der Waals surface area contributed by atoms with E-state index in [1.54, 1.807) is 7.11 Å². The molecule has 1 fully saturated rings. The van der Waals surface area contributed by atoms with Gasteiger partial charge in [0.1, 0.15) is 5.75 Å². The van der Waals surface area contributed by atoms with Gasteiger partial charge in [-0.2, -0.15) is 0 Å². The molecule has 5 nitrogen and oxygen atoms in total. The predicted molar refractivity (Wildman–Crippen MR) is 103 cm³/mol. The molecule has 0 spiro atoms. The van der Waals surface area contributed by atoms with Gasteiger partial charge >= 0.3 is 6.03 Å². The first-order valence-corrected chi connectivity index (χ1v) is 9.16. The fraction of sp³-hybridized carbons (Fsp3) is 0.381. The number of piperidine rings is 1. The molecule has 1 saturated heterocycles. The highest BCUT2D eigenvalue weighted by molar-refractivity contribution is 5.74. The molecule has 0 aromatic heterocycles. The lowest BCUT2D eigenvalue weighted by Crippen LogP contribution is -2.50. The Balaban J connectivity index is 1.46. The van der Waals surface area contributed by atoms with Crippen LogP contribution in [0.1, 0.15) is 24.0 Å². The van der Waals surface area contributed by atoms with Crippen LogP contribution in [0.3, 0.4) is 0 Å². The third-order valence-corrected chi connectivity index (χ3v) is 4.68. The molecular formula is C21H27N3O2. The molecule has 1 heterocycles. The zero-order chi connectivity index (χ0) is 18.2. The number of methoxy groups -OCH3 is 1. The van der Waals surface area contributed by atoms with Gasteiger partial charge < -0.3 is 15.4 Å². The highest BCUT2D eigenvalue weighted by Gasteiger charge is 2.21. The third kappa shape index (κ3) is 5.49. The Kier molecular flexibility index (Phi) is 6.50. The Morgan fingerprint density at radius 2 is 1.96 bits per heavy atom. The Hall–Kier alpha value is -2.53. The molecular weight excluding hydrogens is 326 g/mol. The summed E-state index contributed by atoms with van der Waals surface area (Å²) in [4.78, 5) is 14.6. The van der Waals surface area contributed by atoms with Crippen molar-refractivity contribution in [3.8, 4) is 5.75 Å². The summed E-state index contributed by atoms with van der Waals surface area (Å²) < 4.78 is 5.30. The summed E-state index contributed by atoms with van der Waals surface area (Å²) >= 11 is 0. The number of rotatable bonds is 6. The summed E-state index contributed by atoms with van der Waals surface area (Å²) in [5, 5.41) is 6.05. The topological polar surface area (TPSA) is 53.6 Å². The molecule has 1 aliphatic heterocycles. The van der Waals surface area contributed by atoms with Crippen molar-refractivity contribution in [3.63, 3.8) is 0 Å². The highest BCUT2D eigenvalue weighted by Crippen LogP contribution is 2.17. The molecule has 2 aromatic rings. The van der Waals surface area contributed by atoms with E-state index in [0.717, 1.165) is 43.8 Å². The summed E-state index contributed by atoms with van der Waals surface area (Å²) in [5.41, 5.74) is 2.34. The Labute approximate surface area is 155 Å². The smallest absolute Gasteiger partial charge is 0.315 e. The van der Waals surface area contributed by atoms with E-state index in [-0.39, 0.29) is 12.1 Å². The van der Waals surface area contributed by atoms with Crippen LogP contribution in [0.2, 0.25) is 0 Å². The number of hydrogen-bond acceptors (Lipinski definition) is 3. The zero-order valence-corrected chi connectivity index (χ0v) is 15.3. The third-order valence-electron chi connectivity index (χ3n) is 4.68. The zero-order valence-electron chi connectivity index (χ0n) is 15.3. The van der Waals surface area contributed by atoms with E-state index in [0.29, 0.717) is 6.54 Å². The maximum absolute atomic E-state index is 12.2. The summed E-state index contributed by atoms with van der Waals surface area (Å²) in [6, 6.07) is 18.2. The fourth-order valence-corrected chi connectivity index (χ4v) is 3.36. The average Bonchev–Trinajstić information content (AvgIpc) is 2.68. The molecule has 5 heteroatoms. The summed E-state index contributed by atoms with van der Waals surface area (Å²) in [5.74, 6) is 0.884. The van der Waals surface area contributed by atoms with Crippen LogP contribution in [-0.2, 0) is 13.1 Å². The van der Waals surface area contributed by atoms with Crippen molar-refractivity contribution in [3.05, 3.63) is 65.7 Å². The Morgan fingerprint density at radius 3 is 2.77 bits per heavy atom. The first kappa shape index (κ1) is 18.3. The van der Waals surface area contributed by atoms with Crippen LogP contribution >= 0.6 is 0 Å². The van der Waals surface area contributed by atoms with Gasteiger partial charge in [-0.25, -0.2) is 4.79 Å². The van der Waals surface area contributed by atoms with Gasteiger partial charge in [0.15, 0.2) is 0 Å². The molecule has 2 aromatic carbocycles. The number of likely N-dealkylation sites (tertiary alicyclic amines) is 1. The van der Waals surface area contributed by atoms with Crippen molar-refractivity contribution in [2.24, 2.45) is 0 Å². The van der Waals surface area contributed by atoms with Gasteiger partial charge in [0, 0.05) is 25.7 Å². The molecule has 26 heavy (non-hydrogen) atoms. The fourth-order valence-electron chi connectivity index (χ4n) is 3.36. The normalized spacial score (nSPS) is 17.5. The SMILES string of the molecule is COc1cccc(CN2CCCC(NC(=O)NCc3ccccc3)C2)c1. The number of carbonyl (C=O) groups excluding carboxylic acids is 1. The Morgan fingerprint density at radius 1 is 1.15 bits per heavy atom. The van der Waals surface area contributed by atoms with Gasteiger partial charge in [-0.05, 0) is 42.6 Å². The molecule has 2 amide bonds. The van der Waals surface area contributed by atoms with E-state index in [1.165, 1.54) is 5.56 Å². The van der Waals surface area contributed by atoms with E-state index in [9.17, 15) is 4.79 Å². The van der Waals surface area contributed by atoms with Gasteiger partial charge in [0.2, 0.25) is 0 Å². The number of ether oxygens (including phenoxy) is 1. The van der Waals surface area contributed by atoms with E-state index < -0.39 is 0 Å². The molecule has 1 atom stereocenters. The first-order valence-electron chi connectivity index (χ1n) is 9.16. The maximum atomic E-state index is 12.2. The van der Waals surface area contributed by atoms with E-state index >= 15 is 0 Å². The van der Waals surface area contributed by atoms with Crippen LogP contribution in [0.25, 0.3) is 0 Å². The van der Waals surface area contributed by atoms with E-state index in [1.807, 2.05) is 42.5 Å². The van der Waals surface area contributed by atoms with Crippen LogP contribution in [0.5, 0.6) is 5.75 Å². The number of hydrogen-bond donors (Lipinski definition) is 2. The average molecular weight is 353 g/mol. The van der Waals surface area contributed by atoms with Gasteiger partial charge in [-0.3, -0.25) is 4.90 Å². The molecule has 2 N–H and O–H groups in total. The second kappa shape index (κ2) is 9.25. The van der Waals surface area contributed by atoms with Crippen LogP contribution in [-0.4, -0.2) is 37.2 Å². The van der Waals surface area contributed by atoms with Crippen LogP contribution in [0.4, 0.5) is 4.79 Å². The van der Waals surface area contributed by atoms with Crippen molar-refractivity contribution in [2.75, 3.05) is 20.2 Å². The molecule has 3 rings (SSSR count). The minimum absolute atomic E-state index is 0.0953. The minimum atomic E-state index is -0.0953. The van der Waals surface area contributed by atoms with Gasteiger partial charge in [0.05, 0.1) is 7.11 Å². The van der Waals surface area contributed by atoms with Gasteiger partial charge in [0.25, 0.3) is 0 Å². The lowest BCUT2D eigenvalue weighted by molar-refractivity contribution is 0.180. The summed E-state index contributed by atoms with van der Waals surface area (Å²) in [7, 11) is 1.69. The number of nitrogens with zero attached hydrogens (tertiary/aromatic N) is 1. The quantitative estimate of drug-likeness (QED) is 0.839. The minimum Gasteiger partial charge on any atom is -0.497 e. The second-order valence-corrected chi connectivity index (χ2v) is 6.74. The monoisotopic (exact) mass is 353 g/mol. The number of carbonyl (C=O) groups is 1. The lowest BCUT2D eigenvalue weighted by atomic mass is 10.0. The van der Waals surface area contributed by atoms with Gasteiger partial charge in [-0.15, -0.1) is 0 Å². The maximum Gasteiger partial charge on any atom is 0.315 e. The predicted octanol–water partition coefficient (Wildman–Crippen LogP) is 3.16. The number of amides is 2. The number of urea groups is 1. The molecule has 0 aliphatic carbocycles. The molecule has 1 aliphatic rings. The van der Waals surface area contributed by atoms with Crippen LogP contribution in [0, 0.1) is 0 Å². The molecule has 138 valence electrons. The summed E-state index contributed by atoms with van der Waals surface area (Å²) in [6.45, 7) is 3.35. The summed E-state index contributed by atoms with van der Waals surface area (Å²) in [6.07, 6.45) is 2.11.